The van der Waals surface area contributed by atoms with E-state index < -0.39 is 13.0 Å². The molecule has 3 nitrogen and oxygen atoms in total. The third-order valence-corrected chi connectivity index (χ3v) is 4.27. The van der Waals surface area contributed by atoms with E-state index in [-0.39, 0.29) is 0 Å². The van der Waals surface area contributed by atoms with Gasteiger partial charge in [0.25, 0.3) is 6.43 Å². The number of halogens is 2. The molecule has 2 aliphatic rings. The normalized spacial score (nSPS) is 33.0. The first kappa shape index (κ1) is 14.2. The number of hydrogen-bond donors (Lipinski definition) is 1. The van der Waals surface area contributed by atoms with Gasteiger partial charge in [-0.2, -0.15) is 0 Å². The largest absolute Gasteiger partial charge is 0.374 e. The molecule has 2 rings (SSSR count). The molecular weight excluding hydrogens is 238 g/mol. The van der Waals surface area contributed by atoms with Crippen molar-refractivity contribution in [2.45, 2.75) is 56.7 Å². The fraction of sp³-hybridized carbons (Fsp3) is 1.00. The molecule has 2 aliphatic heterocycles. The molecule has 0 aliphatic carbocycles. The summed E-state index contributed by atoms with van der Waals surface area (Å²) in [5.74, 6) is 0. The van der Waals surface area contributed by atoms with Gasteiger partial charge in [0.05, 0.1) is 6.61 Å². The van der Waals surface area contributed by atoms with E-state index in [9.17, 15) is 8.78 Å². The lowest BCUT2D eigenvalue weighted by molar-refractivity contribution is -0.0234. The molecular formula is C13H24F2N2O. The van der Waals surface area contributed by atoms with Gasteiger partial charge in [0.15, 0.2) is 0 Å². The molecule has 18 heavy (non-hydrogen) atoms. The molecule has 106 valence electrons. The molecule has 2 bridgehead atoms. The molecule has 2 saturated heterocycles. The van der Waals surface area contributed by atoms with Crippen LogP contribution in [0.3, 0.4) is 0 Å². The Balaban J connectivity index is 1.77. The van der Waals surface area contributed by atoms with Crippen LogP contribution in [0.15, 0.2) is 0 Å². The van der Waals surface area contributed by atoms with E-state index >= 15 is 0 Å². The summed E-state index contributed by atoms with van der Waals surface area (Å²) in [6, 6.07) is 1.86. The fourth-order valence-electron chi connectivity index (χ4n) is 3.42. The number of piperidine rings is 2. The van der Waals surface area contributed by atoms with Gasteiger partial charge >= 0.3 is 0 Å². The monoisotopic (exact) mass is 262 g/mol. The molecule has 0 amide bonds. The predicted molar refractivity (Wildman–Crippen MR) is 67.0 cm³/mol. The van der Waals surface area contributed by atoms with Crippen LogP contribution in [-0.2, 0) is 4.74 Å². The van der Waals surface area contributed by atoms with Crippen LogP contribution >= 0.6 is 0 Å². The van der Waals surface area contributed by atoms with E-state index in [0.29, 0.717) is 24.7 Å². The van der Waals surface area contributed by atoms with Crippen molar-refractivity contribution in [3.63, 3.8) is 0 Å². The number of alkyl halides is 2. The molecule has 0 spiro atoms. The number of fused-ring (bicyclic) bond motifs is 2. The van der Waals surface area contributed by atoms with Crippen LogP contribution < -0.4 is 5.32 Å². The summed E-state index contributed by atoms with van der Waals surface area (Å²) in [5.41, 5.74) is 0. The number of nitrogens with zero attached hydrogens (tertiary/aromatic N) is 1. The Kier molecular flexibility index (Phi) is 5.33. The highest BCUT2D eigenvalue weighted by Crippen LogP contribution is 2.33. The van der Waals surface area contributed by atoms with Crippen LogP contribution in [-0.4, -0.2) is 56.3 Å². The smallest absolute Gasteiger partial charge is 0.261 e. The number of rotatable bonds is 6. The van der Waals surface area contributed by atoms with Crippen LogP contribution in [0.1, 0.15) is 32.1 Å². The molecule has 0 aromatic carbocycles. The van der Waals surface area contributed by atoms with Crippen LogP contribution in [0.4, 0.5) is 8.78 Å². The van der Waals surface area contributed by atoms with Crippen molar-refractivity contribution in [1.82, 2.24) is 10.2 Å². The summed E-state index contributed by atoms with van der Waals surface area (Å²) in [5, 5.41) is 3.38. The van der Waals surface area contributed by atoms with Crippen molar-refractivity contribution in [1.29, 1.82) is 0 Å². The van der Waals surface area contributed by atoms with E-state index in [1.54, 1.807) is 0 Å². The van der Waals surface area contributed by atoms with E-state index in [2.05, 4.69) is 10.2 Å². The summed E-state index contributed by atoms with van der Waals surface area (Å²) >= 11 is 0. The highest BCUT2D eigenvalue weighted by atomic mass is 19.3. The molecule has 0 saturated carbocycles. The lowest BCUT2D eigenvalue weighted by atomic mass is 9.82. The van der Waals surface area contributed by atoms with Crippen molar-refractivity contribution >= 4 is 0 Å². The Labute approximate surface area is 108 Å². The standard InChI is InChI=1S/C13H24F2N2O/c1-16-10-7-11-3-2-4-12(8-10)17(11)5-6-18-9-13(14)15/h10-13,16H,2-9H2,1H3. The van der Waals surface area contributed by atoms with Crippen molar-refractivity contribution in [2.75, 3.05) is 26.8 Å². The SMILES string of the molecule is CNC1CC2CCCC(C1)N2CCOCC(F)F. The maximum absolute atomic E-state index is 12.0. The van der Waals surface area contributed by atoms with Gasteiger partial charge in [0, 0.05) is 24.7 Å². The fourth-order valence-corrected chi connectivity index (χ4v) is 3.42. The highest BCUT2D eigenvalue weighted by Gasteiger charge is 2.37. The topological polar surface area (TPSA) is 24.5 Å². The zero-order valence-corrected chi connectivity index (χ0v) is 11.1. The van der Waals surface area contributed by atoms with Gasteiger partial charge in [-0.25, -0.2) is 8.78 Å². The molecule has 0 radical (unpaired) electrons. The van der Waals surface area contributed by atoms with Gasteiger partial charge in [-0.1, -0.05) is 6.42 Å². The van der Waals surface area contributed by atoms with Gasteiger partial charge in [-0.3, -0.25) is 4.90 Å². The average Bonchev–Trinajstić information content (AvgIpc) is 2.33. The second-order valence-corrected chi connectivity index (χ2v) is 5.40. The molecule has 0 aromatic rings. The van der Waals surface area contributed by atoms with Crippen LogP contribution in [0.2, 0.25) is 0 Å². The van der Waals surface area contributed by atoms with Gasteiger partial charge in [-0.05, 0) is 32.7 Å². The first-order valence-electron chi connectivity index (χ1n) is 6.99. The summed E-state index contributed by atoms with van der Waals surface area (Å²) in [7, 11) is 2.03. The van der Waals surface area contributed by atoms with Gasteiger partial charge in [-0.15, -0.1) is 0 Å². The minimum Gasteiger partial charge on any atom is -0.374 e. The summed E-state index contributed by atoms with van der Waals surface area (Å²) < 4.78 is 29.0. The first-order chi connectivity index (χ1) is 8.70. The first-order valence-corrected chi connectivity index (χ1v) is 6.99. The van der Waals surface area contributed by atoms with Crippen LogP contribution in [0.25, 0.3) is 0 Å². The summed E-state index contributed by atoms with van der Waals surface area (Å²) in [6.45, 7) is 0.808. The molecule has 0 aromatic heterocycles. The van der Waals surface area contributed by atoms with Crippen molar-refractivity contribution in [3.05, 3.63) is 0 Å². The Bertz CT molecular complexity index is 239. The molecule has 2 heterocycles. The zero-order chi connectivity index (χ0) is 13.0. The Hall–Kier alpha value is -0.260. The average molecular weight is 262 g/mol. The highest BCUT2D eigenvalue weighted by molar-refractivity contribution is 4.94. The summed E-state index contributed by atoms with van der Waals surface area (Å²) in [6.07, 6.45) is 3.80. The lowest BCUT2D eigenvalue weighted by Gasteiger charge is -2.49. The van der Waals surface area contributed by atoms with E-state index in [4.69, 9.17) is 4.74 Å². The van der Waals surface area contributed by atoms with Gasteiger partial charge in [0.2, 0.25) is 0 Å². The predicted octanol–water partition coefficient (Wildman–Crippen LogP) is 1.87. The molecule has 2 fully saturated rings. The number of ether oxygens (including phenoxy) is 1. The number of hydrogen-bond acceptors (Lipinski definition) is 3. The number of nitrogens with one attached hydrogen (secondary N) is 1. The maximum atomic E-state index is 12.0. The van der Waals surface area contributed by atoms with Gasteiger partial charge in [0.1, 0.15) is 6.61 Å². The lowest BCUT2D eigenvalue weighted by Crippen LogP contribution is -2.56. The minimum atomic E-state index is -2.35. The molecule has 2 unspecified atom stereocenters. The third-order valence-electron chi connectivity index (χ3n) is 4.27. The molecule has 5 heteroatoms. The quantitative estimate of drug-likeness (QED) is 0.740. The third kappa shape index (κ3) is 3.62. The van der Waals surface area contributed by atoms with E-state index in [1.807, 2.05) is 7.05 Å². The molecule has 2 atom stereocenters. The minimum absolute atomic E-state index is 0.428. The van der Waals surface area contributed by atoms with E-state index in [0.717, 1.165) is 6.54 Å². The maximum Gasteiger partial charge on any atom is 0.261 e. The van der Waals surface area contributed by atoms with E-state index in [1.165, 1.54) is 32.1 Å². The van der Waals surface area contributed by atoms with Gasteiger partial charge < -0.3 is 10.1 Å². The van der Waals surface area contributed by atoms with Crippen LogP contribution in [0, 0.1) is 0 Å². The summed E-state index contributed by atoms with van der Waals surface area (Å²) in [4.78, 5) is 2.49. The Morgan fingerprint density at radius 1 is 1.28 bits per heavy atom. The molecule has 1 N–H and O–H groups in total. The van der Waals surface area contributed by atoms with Crippen molar-refractivity contribution in [3.8, 4) is 0 Å². The van der Waals surface area contributed by atoms with Crippen molar-refractivity contribution in [2.24, 2.45) is 0 Å². The van der Waals surface area contributed by atoms with Crippen LogP contribution in [0.5, 0.6) is 0 Å². The second kappa shape index (κ2) is 6.78. The zero-order valence-electron chi connectivity index (χ0n) is 11.1. The Morgan fingerprint density at radius 2 is 1.94 bits per heavy atom. The Morgan fingerprint density at radius 3 is 2.50 bits per heavy atom. The second-order valence-electron chi connectivity index (χ2n) is 5.40. The van der Waals surface area contributed by atoms with Crippen molar-refractivity contribution < 1.29 is 13.5 Å².